The van der Waals surface area contributed by atoms with Crippen LogP contribution >= 0.6 is 11.8 Å². The summed E-state index contributed by atoms with van der Waals surface area (Å²) in [5.74, 6) is 0.815. The highest BCUT2D eigenvalue weighted by Crippen LogP contribution is 2.17. The van der Waals surface area contributed by atoms with E-state index in [1.807, 2.05) is 18.6 Å². The summed E-state index contributed by atoms with van der Waals surface area (Å²) in [7, 11) is 0. The molecule has 1 aromatic rings. The maximum Gasteiger partial charge on any atom is 0.187 e. The van der Waals surface area contributed by atoms with Gasteiger partial charge in [0.05, 0.1) is 0 Å². The normalized spacial score (nSPS) is 17.9. The zero-order valence-electron chi connectivity index (χ0n) is 9.07. The number of nitrogens with zero attached hydrogens (tertiary/aromatic N) is 2. The molecule has 1 N–H and O–H groups in total. The number of aromatic nitrogens is 2. The predicted molar refractivity (Wildman–Crippen MR) is 63.1 cm³/mol. The van der Waals surface area contributed by atoms with Gasteiger partial charge in [0, 0.05) is 12.4 Å². The van der Waals surface area contributed by atoms with Crippen LogP contribution in [0.3, 0.4) is 0 Å². The van der Waals surface area contributed by atoms with Gasteiger partial charge in [0.2, 0.25) is 0 Å². The Morgan fingerprint density at radius 1 is 1.33 bits per heavy atom. The SMILES string of the molecule is CSc1ncc(CC2CCNCC2)cn1. The van der Waals surface area contributed by atoms with Crippen molar-refractivity contribution in [2.75, 3.05) is 19.3 Å². The van der Waals surface area contributed by atoms with Crippen molar-refractivity contribution >= 4 is 11.8 Å². The zero-order valence-corrected chi connectivity index (χ0v) is 9.89. The van der Waals surface area contributed by atoms with Gasteiger partial charge in [0.15, 0.2) is 5.16 Å². The molecule has 1 aliphatic heterocycles. The van der Waals surface area contributed by atoms with Gasteiger partial charge in [0.25, 0.3) is 0 Å². The molecule has 0 radical (unpaired) electrons. The van der Waals surface area contributed by atoms with E-state index in [0.717, 1.165) is 30.6 Å². The summed E-state index contributed by atoms with van der Waals surface area (Å²) in [5.41, 5.74) is 1.28. The number of hydrogen-bond donors (Lipinski definition) is 1. The fourth-order valence-corrected chi connectivity index (χ4v) is 2.29. The van der Waals surface area contributed by atoms with Crippen LogP contribution in [-0.2, 0) is 6.42 Å². The second-order valence-corrected chi connectivity index (χ2v) is 4.75. The highest BCUT2D eigenvalue weighted by molar-refractivity contribution is 7.98. The molecule has 4 heteroatoms. The Morgan fingerprint density at radius 2 is 2.00 bits per heavy atom. The first-order valence-corrected chi connectivity index (χ1v) is 6.66. The predicted octanol–water partition coefficient (Wildman–Crippen LogP) is 1.74. The third kappa shape index (κ3) is 3.18. The molecule has 0 atom stereocenters. The molecule has 3 nitrogen and oxygen atoms in total. The summed E-state index contributed by atoms with van der Waals surface area (Å²) in [6, 6.07) is 0. The van der Waals surface area contributed by atoms with Crippen LogP contribution in [0.5, 0.6) is 0 Å². The molecule has 0 spiro atoms. The van der Waals surface area contributed by atoms with Gasteiger partial charge in [-0.05, 0) is 50.1 Å². The molecule has 0 saturated carbocycles. The molecule has 1 saturated heterocycles. The number of rotatable bonds is 3. The van der Waals surface area contributed by atoms with Crippen LogP contribution in [0.25, 0.3) is 0 Å². The molecule has 0 unspecified atom stereocenters. The van der Waals surface area contributed by atoms with E-state index in [1.165, 1.54) is 18.4 Å². The Hall–Kier alpha value is -0.610. The molecule has 0 bridgehead atoms. The Morgan fingerprint density at radius 3 is 2.60 bits per heavy atom. The standard InChI is InChI=1S/C11H17N3S/c1-15-11-13-7-10(8-14-11)6-9-2-4-12-5-3-9/h7-9,12H,2-6H2,1H3. The summed E-state index contributed by atoms with van der Waals surface area (Å²) in [4.78, 5) is 8.60. The lowest BCUT2D eigenvalue weighted by Gasteiger charge is -2.22. The number of nitrogens with one attached hydrogen (secondary N) is 1. The van der Waals surface area contributed by atoms with E-state index in [9.17, 15) is 0 Å². The van der Waals surface area contributed by atoms with Gasteiger partial charge >= 0.3 is 0 Å². The molecule has 82 valence electrons. The van der Waals surface area contributed by atoms with Gasteiger partial charge in [-0.1, -0.05) is 11.8 Å². The molecule has 1 aliphatic rings. The summed E-state index contributed by atoms with van der Waals surface area (Å²) < 4.78 is 0. The first-order chi connectivity index (χ1) is 7.38. The Kier molecular flexibility index (Phi) is 3.97. The van der Waals surface area contributed by atoms with Gasteiger partial charge < -0.3 is 5.32 Å². The molecular formula is C11H17N3S. The second-order valence-electron chi connectivity index (χ2n) is 3.98. The lowest BCUT2D eigenvalue weighted by atomic mass is 9.92. The molecule has 1 fully saturated rings. The van der Waals surface area contributed by atoms with E-state index < -0.39 is 0 Å². The van der Waals surface area contributed by atoms with E-state index in [1.54, 1.807) is 11.8 Å². The van der Waals surface area contributed by atoms with Crippen molar-refractivity contribution < 1.29 is 0 Å². The molecule has 0 aliphatic carbocycles. The lowest BCUT2D eigenvalue weighted by Crippen LogP contribution is -2.28. The Bertz CT molecular complexity index is 293. The minimum Gasteiger partial charge on any atom is -0.317 e. The van der Waals surface area contributed by atoms with Gasteiger partial charge in [0.1, 0.15) is 0 Å². The largest absolute Gasteiger partial charge is 0.317 e. The minimum atomic E-state index is 0.815. The van der Waals surface area contributed by atoms with E-state index in [2.05, 4.69) is 15.3 Å². The first kappa shape index (κ1) is 10.9. The average Bonchev–Trinajstić information content (AvgIpc) is 2.31. The van der Waals surface area contributed by atoms with Crippen molar-refractivity contribution in [2.24, 2.45) is 5.92 Å². The molecule has 0 aromatic carbocycles. The summed E-state index contributed by atoms with van der Waals surface area (Å²) >= 11 is 1.59. The molecule has 2 heterocycles. The molecule has 1 aromatic heterocycles. The average molecular weight is 223 g/mol. The maximum absolute atomic E-state index is 4.30. The number of hydrogen-bond acceptors (Lipinski definition) is 4. The highest BCUT2D eigenvalue weighted by Gasteiger charge is 2.13. The molecular weight excluding hydrogens is 206 g/mol. The molecule has 2 rings (SSSR count). The lowest BCUT2D eigenvalue weighted by molar-refractivity contribution is 0.372. The van der Waals surface area contributed by atoms with Crippen LogP contribution in [0.15, 0.2) is 17.6 Å². The second kappa shape index (κ2) is 5.47. The van der Waals surface area contributed by atoms with Gasteiger partial charge in [-0.3, -0.25) is 0 Å². The number of thioether (sulfide) groups is 1. The van der Waals surface area contributed by atoms with E-state index in [4.69, 9.17) is 0 Å². The molecule has 0 amide bonds. The van der Waals surface area contributed by atoms with Crippen LogP contribution in [0.4, 0.5) is 0 Å². The maximum atomic E-state index is 4.30. The monoisotopic (exact) mass is 223 g/mol. The van der Waals surface area contributed by atoms with Crippen LogP contribution in [-0.4, -0.2) is 29.3 Å². The van der Waals surface area contributed by atoms with Crippen LogP contribution in [0.1, 0.15) is 18.4 Å². The van der Waals surface area contributed by atoms with Crippen molar-refractivity contribution in [3.05, 3.63) is 18.0 Å². The highest BCUT2D eigenvalue weighted by atomic mass is 32.2. The zero-order chi connectivity index (χ0) is 10.5. The Labute approximate surface area is 95.1 Å². The van der Waals surface area contributed by atoms with Crippen molar-refractivity contribution in [3.8, 4) is 0 Å². The Balaban J connectivity index is 1.91. The van der Waals surface area contributed by atoms with E-state index >= 15 is 0 Å². The van der Waals surface area contributed by atoms with Crippen molar-refractivity contribution in [2.45, 2.75) is 24.4 Å². The summed E-state index contributed by atoms with van der Waals surface area (Å²) in [5, 5.41) is 4.25. The summed E-state index contributed by atoms with van der Waals surface area (Å²) in [6.07, 6.45) is 9.65. The van der Waals surface area contributed by atoms with Crippen molar-refractivity contribution in [1.29, 1.82) is 0 Å². The first-order valence-electron chi connectivity index (χ1n) is 5.44. The van der Waals surface area contributed by atoms with Crippen LogP contribution < -0.4 is 5.32 Å². The van der Waals surface area contributed by atoms with E-state index in [0.29, 0.717) is 0 Å². The fraction of sp³-hybridized carbons (Fsp3) is 0.636. The van der Waals surface area contributed by atoms with Crippen molar-refractivity contribution in [3.63, 3.8) is 0 Å². The van der Waals surface area contributed by atoms with Crippen LogP contribution in [0.2, 0.25) is 0 Å². The quantitative estimate of drug-likeness (QED) is 0.625. The van der Waals surface area contributed by atoms with Crippen LogP contribution in [0, 0.1) is 5.92 Å². The third-order valence-corrected chi connectivity index (χ3v) is 3.42. The van der Waals surface area contributed by atoms with Gasteiger partial charge in [-0.2, -0.15) is 0 Å². The van der Waals surface area contributed by atoms with Gasteiger partial charge in [-0.25, -0.2) is 9.97 Å². The fourth-order valence-electron chi connectivity index (χ4n) is 1.97. The third-order valence-electron chi connectivity index (χ3n) is 2.85. The smallest absolute Gasteiger partial charge is 0.187 e. The van der Waals surface area contributed by atoms with E-state index in [-0.39, 0.29) is 0 Å². The van der Waals surface area contributed by atoms with Gasteiger partial charge in [-0.15, -0.1) is 0 Å². The number of piperidine rings is 1. The minimum absolute atomic E-state index is 0.815. The van der Waals surface area contributed by atoms with Crippen molar-refractivity contribution in [1.82, 2.24) is 15.3 Å². The summed E-state index contributed by atoms with van der Waals surface area (Å²) in [6.45, 7) is 2.32. The molecule has 15 heavy (non-hydrogen) atoms. The topological polar surface area (TPSA) is 37.8 Å².